The summed E-state index contributed by atoms with van der Waals surface area (Å²) in [6.07, 6.45) is 0.0180. The summed E-state index contributed by atoms with van der Waals surface area (Å²) in [5.74, 6) is -1.65. The highest BCUT2D eigenvalue weighted by Crippen LogP contribution is 2.84. The van der Waals surface area contributed by atoms with Crippen molar-refractivity contribution in [2.24, 2.45) is 23.7 Å². The normalized spacial score (nSPS) is 53.5. The van der Waals surface area contributed by atoms with Gasteiger partial charge in [0.15, 0.2) is 4.33 Å². The Bertz CT molecular complexity index is 923. The molecule has 8 atom stereocenters. The Balaban J connectivity index is 1.82. The molecule has 0 radical (unpaired) electrons. The zero-order valence-corrected chi connectivity index (χ0v) is 21.3. The van der Waals surface area contributed by atoms with Gasteiger partial charge in [-0.25, -0.2) is 0 Å². The van der Waals surface area contributed by atoms with Gasteiger partial charge >= 0.3 is 0 Å². The first-order chi connectivity index (χ1) is 12.9. The summed E-state index contributed by atoms with van der Waals surface area (Å²) in [6.45, 7) is 1.96. The fourth-order valence-electron chi connectivity index (χ4n) is 6.22. The molecule has 0 aromatic rings. The number of halogens is 10. The molecule has 3 aliphatic carbocycles. The Labute approximate surface area is 212 Å². The highest BCUT2D eigenvalue weighted by atomic mass is 35.5. The SMILES string of the molecule is CC[C@]12O[C@H](C3C(Cl)=C(Cl)C(Cl)=C(Cl)C31)[C@H]1[C@@H]2[C@@]2(Cl)C(Cl)=C(Cl)[C@]1(Cl)C2(Cl)Cl. The summed E-state index contributed by atoms with van der Waals surface area (Å²) in [5, 5.41) is 1.41. The van der Waals surface area contributed by atoms with Crippen LogP contribution in [0.15, 0.2) is 30.2 Å². The van der Waals surface area contributed by atoms with Gasteiger partial charge in [0, 0.05) is 33.7 Å². The molecule has 2 aliphatic heterocycles. The van der Waals surface area contributed by atoms with Crippen molar-refractivity contribution in [3.05, 3.63) is 30.2 Å². The minimum absolute atomic E-state index is 0.137. The number of hydrogen-bond acceptors (Lipinski definition) is 1. The lowest BCUT2D eigenvalue weighted by atomic mass is 9.56. The van der Waals surface area contributed by atoms with E-state index in [1.54, 1.807) is 0 Å². The molecule has 2 heterocycles. The van der Waals surface area contributed by atoms with Crippen molar-refractivity contribution < 1.29 is 4.74 Å². The maximum absolute atomic E-state index is 7.10. The Morgan fingerprint density at radius 3 is 1.93 bits per heavy atom. The maximum atomic E-state index is 7.10. The predicted octanol–water partition coefficient (Wildman–Crippen LogP) is 8.25. The quantitative estimate of drug-likeness (QED) is 0.282. The van der Waals surface area contributed by atoms with Crippen LogP contribution in [0.3, 0.4) is 0 Å². The van der Waals surface area contributed by atoms with E-state index >= 15 is 0 Å². The molecule has 0 amide bonds. The van der Waals surface area contributed by atoms with Gasteiger partial charge in [-0.15, -0.1) is 23.2 Å². The zero-order valence-electron chi connectivity index (χ0n) is 13.8. The molecule has 154 valence electrons. The second-order valence-corrected chi connectivity index (χ2v) is 12.7. The number of alkyl halides is 4. The number of allylic oxidation sites excluding steroid dienone is 4. The molecule has 3 fully saturated rings. The van der Waals surface area contributed by atoms with E-state index in [2.05, 4.69) is 0 Å². The third kappa shape index (κ3) is 1.90. The lowest BCUT2D eigenvalue weighted by molar-refractivity contribution is -0.0351. The van der Waals surface area contributed by atoms with E-state index < -0.39 is 37.6 Å². The summed E-state index contributed by atoms with van der Waals surface area (Å²) in [5.41, 5.74) is -0.889. The summed E-state index contributed by atoms with van der Waals surface area (Å²) in [4.78, 5) is -2.88. The zero-order chi connectivity index (χ0) is 20.8. The van der Waals surface area contributed by atoms with E-state index in [4.69, 9.17) is 121 Å². The molecule has 0 spiro atoms. The molecule has 2 unspecified atom stereocenters. The van der Waals surface area contributed by atoms with Crippen molar-refractivity contribution in [3.63, 3.8) is 0 Å². The predicted molar refractivity (Wildman–Crippen MR) is 120 cm³/mol. The van der Waals surface area contributed by atoms with Gasteiger partial charge in [0.05, 0.1) is 31.8 Å². The minimum Gasteiger partial charge on any atom is -0.370 e. The third-order valence-corrected chi connectivity index (χ3v) is 13.4. The van der Waals surface area contributed by atoms with Gasteiger partial charge in [-0.05, 0) is 6.42 Å². The minimum atomic E-state index is -1.66. The van der Waals surface area contributed by atoms with E-state index in [9.17, 15) is 0 Å². The number of hydrogen-bond donors (Lipinski definition) is 0. The first kappa shape index (κ1) is 21.9. The highest BCUT2D eigenvalue weighted by molar-refractivity contribution is 6.65. The molecule has 5 aliphatic rings. The van der Waals surface area contributed by atoms with Gasteiger partial charge in [-0.3, -0.25) is 0 Å². The van der Waals surface area contributed by atoms with Crippen molar-refractivity contribution in [1.29, 1.82) is 0 Å². The monoisotopic (exact) mass is 580 g/mol. The van der Waals surface area contributed by atoms with E-state index in [0.717, 1.165) is 0 Å². The first-order valence-corrected chi connectivity index (χ1v) is 12.2. The standard InChI is InChI=1S/C17H10Cl10O/c1-2-14-4-3(6(18)8(20)9(21)7(4)19)10(28-14)5-11(14)16(25)13(23)12(22)15(5,24)17(16,26)27/h3-5,10-11H,2H2,1H3/t3?,4?,5-,10+,11-,14-,15-,16+/m0/s1. The molecule has 1 saturated carbocycles. The molecule has 28 heavy (non-hydrogen) atoms. The van der Waals surface area contributed by atoms with Crippen LogP contribution in [0.25, 0.3) is 0 Å². The second-order valence-electron chi connectivity index (χ2n) is 7.85. The van der Waals surface area contributed by atoms with Crippen LogP contribution >= 0.6 is 116 Å². The van der Waals surface area contributed by atoms with Crippen LogP contribution in [0, 0.1) is 23.7 Å². The van der Waals surface area contributed by atoms with E-state index in [1.807, 2.05) is 6.92 Å². The molecule has 0 aromatic heterocycles. The third-order valence-electron chi connectivity index (χ3n) is 7.20. The molecule has 0 N–H and O–H groups in total. The van der Waals surface area contributed by atoms with Crippen molar-refractivity contribution >= 4 is 116 Å². The van der Waals surface area contributed by atoms with Gasteiger partial charge in [-0.1, -0.05) is 99.7 Å². The molecule has 1 nitrogen and oxygen atoms in total. The molecule has 2 saturated heterocycles. The van der Waals surface area contributed by atoms with Gasteiger partial charge in [0.25, 0.3) is 0 Å². The van der Waals surface area contributed by atoms with Crippen LogP contribution < -0.4 is 0 Å². The van der Waals surface area contributed by atoms with Gasteiger partial charge in [0.1, 0.15) is 9.75 Å². The average Bonchev–Trinajstić information content (AvgIpc) is 3.25. The summed E-state index contributed by atoms with van der Waals surface area (Å²) < 4.78 is 4.91. The summed E-state index contributed by atoms with van der Waals surface area (Å²) >= 11 is 66.9. The van der Waals surface area contributed by atoms with E-state index in [1.165, 1.54) is 0 Å². The average molecular weight is 585 g/mol. The fourth-order valence-corrected chi connectivity index (χ4v) is 10.6. The Morgan fingerprint density at radius 2 is 1.36 bits per heavy atom. The Morgan fingerprint density at radius 1 is 0.821 bits per heavy atom. The Kier molecular flexibility index (Phi) is 4.81. The van der Waals surface area contributed by atoms with Crippen molar-refractivity contribution in [1.82, 2.24) is 0 Å². The summed E-state index contributed by atoms with van der Waals surface area (Å²) in [6, 6.07) is 0. The van der Waals surface area contributed by atoms with E-state index in [0.29, 0.717) is 16.5 Å². The van der Waals surface area contributed by atoms with Crippen LogP contribution in [0.4, 0.5) is 0 Å². The number of rotatable bonds is 1. The largest absolute Gasteiger partial charge is 0.370 e. The van der Waals surface area contributed by atoms with Crippen LogP contribution in [0.1, 0.15) is 13.3 Å². The van der Waals surface area contributed by atoms with Crippen molar-refractivity contribution in [2.75, 3.05) is 0 Å². The van der Waals surface area contributed by atoms with Crippen molar-refractivity contribution in [2.45, 2.75) is 39.1 Å². The molecular weight excluding hydrogens is 575 g/mol. The molecule has 11 heteroatoms. The highest BCUT2D eigenvalue weighted by Gasteiger charge is 2.91. The smallest absolute Gasteiger partial charge is 0.167 e. The lowest BCUT2D eigenvalue weighted by Gasteiger charge is -2.49. The number of fused-ring (bicyclic) bond motifs is 12. The fraction of sp³-hybridized carbons (Fsp3) is 0.647. The molecular formula is C17H10Cl10O. The Hall–Kier alpha value is 2.08. The maximum Gasteiger partial charge on any atom is 0.167 e. The molecule has 4 bridgehead atoms. The van der Waals surface area contributed by atoms with Gasteiger partial charge in [0.2, 0.25) is 0 Å². The molecule has 0 aromatic carbocycles. The second kappa shape index (κ2) is 6.15. The molecule has 5 rings (SSSR count). The van der Waals surface area contributed by atoms with Gasteiger partial charge < -0.3 is 4.74 Å². The van der Waals surface area contributed by atoms with Crippen LogP contribution in [-0.2, 0) is 4.74 Å². The van der Waals surface area contributed by atoms with Gasteiger partial charge in [-0.2, -0.15) is 0 Å². The lowest BCUT2D eigenvalue weighted by Crippen LogP contribution is -2.56. The topological polar surface area (TPSA) is 9.23 Å². The number of ether oxygens (including phenoxy) is 1. The van der Waals surface area contributed by atoms with Crippen molar-refractivity contribution in [3.8, 4) is 0 Å². The summed E-state index contributed by atoms with van der Waals surface area (Å²) in [7, 11) is 0. The van der Waals surface area contributed by atoms with Crippen LogP contribution in [-0.4, -0.2) is 25.8 Å². The van der Waals surface area contributed by atoms with Crippen LogP contribution in [0.5, 0.6) is 0 Å². The van der Waals surface area contributed by atoms with E-state index in [-0.39, 0.29) is 32.0 Å². The van der Waals surface area contributed by atoms with Crippen LogP contribution in [0.2, 0.25) is 0 Å². The first-order valence-electron chi connectivity index (χ1n) is 8.46.